The number of anilines is 1. The maximum Gasteiger partial charge on any atom is 0.226 e. The van der Waals surface area contributed by atoms with Crippen LogP contribution in [0.2, 0.25) is 0 Å². The molecule has 0 aliphatic carbocycles. The Balaban J connectivity index is 1.61. The van der Waals surface area contributed by atoms with E-state index in [1.165, 1.54) is 11.1 Å². The van der Waals surface area contributed by atoms with Crippen molar-refractivity contribution < 1.29 is 18.9 Å². The van der Waals surface area contributed by atoms with E-state index in [1.54, 1.807) is 28.4 Å². The van der Waals surface area contributed by atoms with E-state index in [4.69, 9.17) is 28.9 Å². The van der Waals surface area contributed by atoms with Gasteiger partial charge in [0.05, 0.1) is 40.0 Å². The first-order chi connectivity index (χ1) is 17.1. The van der Waals surface area contributed by atoms with E-state index in [-0.39, 0.29) is 6.04 Å². The van der Waals surface area contributed by atoms with E-state index in [9.17, 15) is 0 Å². The maximum atomic E-state index is 5.65. The summed E-state index contributed by atoms with van der Waals surface area (Å²) in [5, 5.41) is 1.02. The molecule has 0 N–H and O–H groups in total. The van der Waals surface area contributed by atoms with Crippen LogP contribution in [-0.2, 0) is 12.8 Å². The first kappa shape index (κ1) is 22.8. The molecule has 0 saturated carbocycles. The van der Waals surface area contributed by atoms with Crippen molar-refractivity contribution in [2.45, 2.75) is 18.9 Å². The first-order valence-electron chi connectivity index (χ1n) is 11.6. The summed E-state index contributed by atoms with van der Waals surface area (Å²) in [7, 11) is 6.64. The third-order valence-electron chi connectivity index (χ3n) is 6.61. The number of ether oxygens (including phenoxy) is 4. The van der Waals surface area contributed by atoms with E-state index < -0.39 is 0 Å². The van der Waals surface area contributed by atoms with Gasteiger partial charge in [0.15, 0.2) is 23.0 Å². The van der Waals surface area contributed by atoms with Crippen LogP contribution in [0.5, 0.6) is 23.0 Å². The van der Waals surface area contributed by atoms with E-state index in [1.807, 2.05) is 42.6 Å². The average Bonchev–Trinajstić information content (AvgIpc) is 2.92. The van der Waals surface area contributed by atoms with E-state index in [0.29, 0.717) is 17.2 Å². The highest BCUT2D eigenvalue weighted by molar-refractivity contribution is 5.78. The molecule has 4 aromatic rings. The van der Waals surface area contributed by atoms with Gasteiger partial charge in [-0.3, -0.25) is 0 Å². The number of para-hydroxylation sites is 1. The minimum absolute atomic E-state index is 0.00202. The molecule has 3 aromatic carbocycles. The quantitative estimate of drug-likeness (QED) is 0.375. The van der Waals surface area contributed by atoms with Crippen LogP contribution < -0.4 is 23.8 Å². The lowest BCUT2D eigenvalue weighted by Gasteiger charge is -2.38. The summed E-state index contributed by atoms with van der Waals surface area (Å²) in [5.41, 5.74) is 4.48. The second kappa shape index (κ2) is 9.70. The third kappa shape index (κ3) is 4.30. The number of rotatable bonds is 7. The Hall–Kier alpha value is -4.00. The molecule has 1 aliphatic heterocycles. The first-order valence-corrected chi connectivity index (χ1v) is 11.6. The molecule has 0 saturated heterocycles. The minimum Gasteiger partial charge on any atom is -0.493 e. The van der Waals surface area contributed by atoms with Crippen LogP contribution in [0, 0.1) is 0 Å². The molecule has 0 amide bonds. The van der Waals surface area contributed by atoms with E-state index in [0.717, 1.165) is 47.6 Å². The predicted molar refractivity (Wildman–Crippen MR) is 136 cm³/mol. The highest BCUT2D eigenvalue weighted by Gasteiger charge is 2.31. The molecule has 1 aromatic heterocycles. The SMILES string of the molecule is COc1ccc(CC2c3cc(OC)c(OC)cc3CCN2c2ncc3ccccc3n2)cc1OC. The standard InChI is InChI=1S/C28H29N3O4/c1-32-24-10-9-18(14-25(24)33-2)13-23-21-16-27(35-4)26(34-3)15-19(21)11-12-31(23)28-29-17-20-7-5-6-8-22(20)30-28/h5-10,14-17,23H,11-13H2,1-4H3. The molecule has 7 heteroatoms. The Morgan fingerprint density at radius 1 is 0.829 bits per heavy atom. The lowest BCUT2D eigenvalue weighted by molar-refractivity contribution is 0.352. The number of benzene rings is 3. The topological polar surface area (TPSA) is 65.9 Å². The molecule has 0 spiro atoms. The van der Waals surface area contributed by atoms with Crippen LogP contribution in [0.25, 0.3) is 10.9 Å². The van der Waals surface area contributed by atoms with Crippen LogP contribution in [0.1, 0.15) is 22.7 Å². The van der Waals surface area contributed by atoms with Gasteiger partial charge in [-0.2, -0.15) is 0 Å². The van der Waals surface area contributed by atoms with Gasteiger partial charge in [-0.25, -0.2) is 9.97 Å². The summed E-state index contributed by atoms with van der Waals surface area (Å²) >= 11 is 0. The van der Waals surface area contributed by atoms with E-state index in [2.05, 4.69) is 23.1 Å². The van der Waals surface area contributed by atoms with Crippen molar-refractivity contribution in [1.82, 2.24) is 9.97 Å². The van der Waals surface area contributed by atoms with Gasteiger partial charge in [-0.15, -0.1) is 0 Å². The Morgan fingerprint density at radius 2 is 1.54 bits per heavy atom. The Bertz CT molecular complexity index is 1360. The molecule has 35 heavy (non-hydrogen) atoms. The fraction of sp³-hybridized carbons (Fsp3) is 0.286. The summed E-state index contributed by atoms with van der Waals surface area (Å²) < 4.78 is 22.2. The predicted octanol–water partition coefficient (Wildman–Crippen LogP) is 5.01. The summed E-state index contributed by atoms with van der Waals surface area (Å²) in [6.07, 6.45) is 3.49. The zero-order chi connectivity index (χ0) is 24.4. The van der Waals surface area contributed by atoms with Crippen LogP contribution in [0.15, 0.2) is 60.8 Å². The molecular weight excluding hydrogens is 442 g/mol. The lowest BCUT2D eigenvalue weighted by atomic mass is 9.88. The number of fused-ring (bicyclic) bond motifs is 2. The number of aromatic nitrogens is 2. The van der Waals surface area contributed by atoms with Crippen molar-refractivity contribution in [3.63, 3.8) is 0 Å². The van der Waals surface area contributed by atoms with Crippen LogP contribution in [-0.4, -0.2) is 45.0 Å². The second-order valence-corrected chi connectivity index (χ2v) is 8.49. The normalized spacial score (nSPS) is 15.0. The van der Waals surface area contributed by atoms with Crippen molar-refractivity contribution in [2.75, 3.05) is 39.9 Å². The minimum atomic E-state index is -0.00202. The van der Waals surface area contributed by atoms with Gasteiger partial charge < -0.3 is 23.8 Å². The Kier molecular flexibility index (Phi) is 6.31. The highest BCUT2D eigenvalue weighted by atomic mass is 16.5. The average molecular weight is 472 g/mol. The van der Waals surface area contributed by atoms with Gasteiger partial charge in [0.1, 0.15) is 0 Å². The van der Waals surface area contributed by atoms with Crippen molar-refractivity contribution in [3.8, 4) is 23.0 Å². The summed E-state index contributed by atoms with van der Waals surface area (Å²) in [4.78, 5) is 12.0. The van der Waals surface area contributed by atoms with Crippen LogP contribution in [0.3, 0.4) is 0 Å². The van der Waals surface area contributed by atoms with Crippen LogP contribution >= 0.6 is 0 Å². The number of hydrogen-bond acceptors (Lipinski definition) is 7. The van der Waals surface area contributed by atoms with E-state index >= 15 is 0 Å². The number of hydrogen-bond donors (Lipinski definition) is 0. The van der Waals surface area contributed by atoms with Gasteiger partial charge in [0.2, 0.25) is 5.95 Å². The smallest absolute Gasteiger partial charge is 0.226 e. The molecule has 180 valence electrons. The fourth-order valence-electron chi connectivity index (χ4n) is 4.82. The van der Waals surface area contributed by atoms with Gasteiger partial charge in [0.25, 0.3) is 0 Å². The van der Waals surface area contributed by atoms with Gasteiger partial charge in [-0.1, -0.05) is 24.3 Å². The molecule has 1 aliphatic rings. The van der Waals surface area contributed by atoms with Gasteiger partial charge in [0, 0.05) is 18.1 Å². The molecule has 7 nitrogen and oxygen atoms in total. The molecule has 1 atom stereocenters. The number of nitrogens with zero attached hydrogens (tertiary/aromatic N) is 3. The molecule has 0 bridgehead atoms. The summed E-state index contributed by atoms with van der Waals surface area (Å²) in [6.45, 7) is 0.790. The third-order valence-corrected chi connectivity index (χ3v) is 6.61. The van der Waals surface area contributed by atoms with Crippen molar-refractivity contribution in [1.29, 1.82) is 0 Å². The summed E-state index contributed by atoms with van der Waals surface area (Å²) in [5.74, 6) is 3.59. The molecular formula is C28H29N3O4. The molecule has 5 rings (SSSR count). The monoisotopic (exact) mass is 471 g/mol. The second-order valence-electron chi connectivity index (χ2n) is 8.49. The highest BCUT2D eigenvalue weighted by Crippen LogP contribution is 2.41. The fourth-order valence-corrected chi connectivity index (χ4v) is 4.82. The molecule has 0 fully saturated rings. The van der Waals surface area contributed by atoms with Gasteiger partial charge in [-0.05, 0) is 59.9 Å². The van der Waals surface area contributed by atoms with Crippen molar-refractivity contribution in [2.24, 2.45) is 0 Å². The van der Waals surface area contributed by atoms with Crippen molar-refractivity contribution in [3.05, 3.63) is 77.5 Å². The zero-order valence-electron chi connectivity index (χ0n) is 20.4. The maximum absolute atomic E-state index is 5.65. The lowest BCUT2D eigenvalue weighted by Crippen LogP contribution is -2.38. The molecule has 1 unspecified atom stereocenters. The molecule has 2 heterocycles. The summed E-state index contributed by atoms with van der Waals surface area (Å²) in [6, 6.07) is 18.3. The number of methoxy groups -OCH3 is 4. The van der Waals surface area contributed by atoms with Gasteiger partial charge >= 0.3 is 0 Å². The Labute approximate surface area is 205 Å². The largest absolute Gasteiger partial charge is 0.493 e. The van der Waals surface area contributed by atoms with Crippen molar-refractivity contribution >= 4 is 16.9 Å². The zero-order valence-corrected chi connectivity index (χ0v) is 20.4. The Morgan fingerprint density at radius 3 is 2.31 bits per heavy atom. The molecule has 0 radical (unpaired) electrons. The van der Waals surface area contributed by atoms with Crippen LogP contribution in [0.4, 0.5) is 5.95 Å².